The van der Waals surface area contributed by atoms with Crippen LogP contribution in [-0.2, 0) is 16.8 Å². The molecule has 0 aliphatic rings. The molecule has 2 aromatic carbocycles. The van der Waals surface area contributed by atoms with Crippen LogP contribution in [0.2, 0.25) is 0 Å². The first-order valence-electron chi connectivity index (χ1n) is 11.4. The summed E-state index contributed by atoms with van der Waals surface area (Å²) in [5.41, 5.74) is 3.95. The van der Waals surface area contributed by atoms with Gasteiger partial charge in [0.2, 0.25) is 5.91 Å². The second-order valence-electron chi connectivity index (χ2n) is 9.34. The van der Waals surface area contributed by atoms with E-state index in [2.05, 4.69) is 60.6 Å². The standard InChI is InChI=1S/C27H30N4O3S/c1-18-8-13-23(33-5)22(15-18)28-24(32)17-35-26-30-29-25(31(26)16-21-7-6-14-34-21)19-9-11-20(12-10-19)27(2,3)4/h6-15H,16-17H2,1-5H3,(H,28,32). The van der Waals surface area contributed by atoms with E-state index in [-0.39, 0.29) is 17.1 Å². The van der Waals surface area contributed by atoms with Gasteiger partial charge in [0.25, 0.3) is 0 Å². The summed E-state index contributed by atoms with van der Waals surface area (Å²) in [6.45, 7) is 9.00. The first-order chi connectivity index (χ1) is 16.7. The van der Waals surface area contributed by atoms with Crippen molar-refractivity contribution in [1.29, 1.82) is 0 Å². The van der Waals surface area contributed by atoms with E-state index in [1.54, 1.807) is 13.4 Å². The van der Waals surface area contributed by atoms with Crippen molar-refractivity contribution in [3.05, 3.63) is 77.7 Å². The molecule has 4 aromatic rings. The van der Waals surface area contributed by atoms with Gasteiger partial charge in [0.1, 0.15) is 11.5 Å². The summed E-state index contributed by atoms with van der Waals surface area (Å²) in [7, 11) is 1.59. The molecule has 0 spiro atoms. The zero-order valence-corrected chi connectivity index (χ0v) is 21.5. The van der Waals surface area contributed by atoms with Crippen molar-refractivity contribution in [2.45, 2.75) is 44.8 Å². The lowest BCUT2D eigenvalue weighted by molar-refractivity contribution is -0.113. The maximum atomic E-state index is 12.7. The van der Waals surface area contributed by atoms with Gasteiger partial charge in [0.15, 0.2) is 11.0 Å². The van der Waals surface area contributed by atoms with Crippen LogP contribution in [0, 0.1) is 6.92 Å². The number of aryl methyl sites for hydroxylation is 1. The number of carbonyl (C=O) groups excluding carboxylic acids is 1. The van der Waals surface area contributed by atoms with Crippen LogP contribution < -0.4 is 10.1 Å². The van der Waals surface area contributed by atoms with Crippen molar-refractivity contribution in [1.82, 2.24) is 14.8 Å². The van der Waals surface area contributed by atoms with Crippen molar-refractivity contribution < 1.29 is 13.9 Å². The molecule has 4 rings (SSSR count). The van der Waals surface area contributed by atoms with E-state index >= 15 is 0 Å². The maximum Gasteiger partial charge on any atom is 0.234 e. The molecule has 1 N–H and O–H groups in total. The number of thioether (sulfide) groups is 1. The zero-order valence-electron chi connectivity index (χ0n) is 20.7. The fourth-order valence-corrected chi connectivity index (χ4v) is 4.40. The van der Waals surface area contributed by atoms with E-state index in [1.807, 2.05) is 41.8 Å². The topological polar surface area (TPSA) is 82.2 Å². The number of benzene rings is 2. The highest BCUT2D eigenvalue weighted by molar-refractivity contribution is 7.99. The molecule has 8 heteroatoms. The molecule has 1 amide bonds. The van der Waals surface area contributed by atoms with Crippen LogP contribution in [0.25, 0.3) is 11.4 Å². The molecular formula is C27H30N4O3S. The monoisotopic (exact) mass is 490 g/mol. The van der Waals surface area contributed by atoms with Crippen molar-refractivity contribution in [3.63, 3.8) is 0 Å². The molecule has 2 aromatic heterocycles. The zero-order chi connectivity index (χ0) is 25.0. The summed E-state index contributed by atoms with van der Waals surface area (Å²) >= 11 is 1.33. The van der Waals surface area contributed by atoms with Crippen molar-refractivity contribution in [2.24, 2.45) is 0 Å². The number of amides is 1. The van der Waals surface area contributed by atoms with E-state index in [9.17, 15) is 4.79 Å². The predicted molar refractivity (Wildman–Crippen MR) is 139 cm³/mol. The van der Waals surface area contributed by atoms with Crippen LogP contribution in [0.5, 0.6) is 5.75 Å². The number of nitrogens with zero attached hydrogens (tertiary/aromatic N) is 3. The van der Waals surface area contributed by atoms with Gasteiger partial charge in [-0.05, 0) is 47.7 Å². The first kappa shape index (κ1) is 24.6. The van der Waals surface area contributed by atoms with Crippen LogP contribution in [0.4, 0.5) is 5.69 Å². The number of hydrogen-bond acceptors (Lipinski definition) is 6. The Morgan fingerprint density at radius 2 is 1.89 bits per heavy atom. The molecule has 0 aliphatic carbocycles. The Labute approximate surface area is 209 Å². The van der Waals surface area contributed by atoms with Gasteiger partial charge in [-0.25, -0.2) is 0 Å². The number of rotatable bonds is 8. The maximum absolute atomic E-state index is 12.7. The van der Waals surface area contributed by atoms with Gasteiger partial charge in [-0.15, -0.1) is 10.2 Å². The van der Waals surface area contributed by atoms with Crippen LogP contribution in [0.15, 0.2) is 70.4 Å². The number of anilines is 1. The molecule has 7 nitrogen and oxygen atoms in total. The van der Waals surface area contributed by atoms with Crippen LogP contribution >= 0.6 is 11.8 Å². The second-order valence-corrected chi connectivity index (χ2v) is 10.3. The molecule has 35 heavy (non-hydrogen) atoms. The predicted octanol–water partition coefficient (Wildman–Crippen LogP) is 5.93. The number of furan rings is 1. The Morgan fingerprint density at radius 1 is 1.11 bits per heavy atom. The van der Waals surface area contributed by atoms with Gasteiger partial charge >= 0.3 is 0 Å². The lowest BCUT2D eigenvalue weighted by Crippen LogP contribution is -2.15. The van der Waals surface area contributed by atoms with E-state index in [4.69, 9.17) is 9.15 Å². The molecule has 0 saturated heterocycles. The number of aromatic nitrogens is 3. The second kappa shape index (κ2) is 10.4. The summed E-state index contributed by atoms with van der Waals surface area (Å²) in [6, 6.07) is 17.8. The van der Waals surface area contributed by atoms with Crippen LogP contribution in [-0.4, -0.2) is 33.5 Å². The largest absolute Gasteiger partial charge is 0.495 e. The number of hydrogen-bond donors (Lipinski definition) is 1. The fourth-order valence-electron chi connectivity index (χ4n) is 3.67. The minimum Gasteiger partial charge on any atom is -0.495 e. The number of methoxy groups -OCH3 is 1. The normalized spacial score (nSPS) is 11.5. The number of nitrogens with one attached hydrogen (secondary N) is 1. The van der Waals surface area contributed by atoms with E-state index in [1.165, 1.54) is 17.3 Å². The molecule has 0 radical (unpaired) electrons. The number of ether oxygens (including phenoxy) is 1. The first-order valence-corrected chi connectivity index (χ1v) is 12.4. The van der Waals surface area contributed by atoms with E-state index in [0.29, 0.717) is 23.1 Å². The average molecular weight is 491 g/mol. The Hall–Kier alpha value is -3.52. The molecule has 182 valence electrons. The van der Waals surface area contributed by atoms with Crippen molar-refractivity contribution in [2.75, 3.05) is 18.2 Å². The van der Waals surface area contributed by atoms with E-state index < -0.39 is 0 Å². The lowest BCUT2D eigenvalue weighted by atomic mass is 9.87. The Morgan fingerprint density at radius 3 is 2.54 bits per heavy atom. The minimum absolute atomic E-state index is 0.0642. The molecule has 0 atom stereocenters. The Bertz CT molecular complexity index is 1290. The summed E-state index contributed by atoms with van der Waals surface area (Å²) < 4.78 is 12.9. The third kappa shape index (κ3) is 5.95. The van der Waals surface area contributed by atoms with E-state index in [0.717, 1.165) is 22.7 Å². The van der Waals surface area contributed by atoms with Crippen molar-refractivity contribution >= 4 is 23.4 Å². The molecular weight excluding hydrogens is 460 g/mol. The SMILES string of the molecule is COc1ccc(C)cc1NC(=O)CSc1nnc(-c2ccc(C(C)(C)C)cc2)n1Cc1ccco1. The van der Waals surface area contributed by atoms with Crippen LogP contribution in [0.3, 0.4) is 0 Å². The summed E-state index contributed by atoms with van der Waals surface area (Å²) in [5, 5.41) is 12.4. The average Bonchev–Trinajstić information content (AvgIpc) is 3.48. The summed E-state index contributed by atoms with van der Waals surface area (Å²) in [4.78, 5) is 12.7. The molecule has 0 unspecified atom stereocenters. The van der Waals surface area contributed by atoms with Gasteiger partial charge < -0.3 is 14.5 Å². The van der Waals surface area contributed by atoms with Crippen molar-refractivity contribution in [3.8, 4) is 17.1 Å². The molecule has 0 bridgehead atoms. The quantitative estimate of drug-likeness (QED) is 0.308. The van der Waals surface area contributed by atoms with Gasteiger partial charge in [0.05, 0.1) is 31.4 Å². The smallest absolute Gasteiger partial charge is 0.234 e. The fraction of sp³-hybridized carbons (Fsp3) is 0.296. The molecule has 0 saturated carbocycles. The highest BCUT2D eigenvalue weighted by atomic mass is 32.2. The summed E-state index contributed by atoms with van der Waals surface area (Å²) in [6.07, 6.45) is 1.65. The minimum atomic E-state index is -0.150. The van der Waals surface area contributed by atoms with Gasteiger partial charge in [0, 0.05) is 5.56 Å². The highest BCUT2D eigenvalue weighted by Gasteiger charge is 2.19. The Balaban J connectivity index is 1.55. The van der Waals surface area contributed by atoms with Gasteiger partial charge in [-0.1, -0.05) is 62.9 Å². The Kier molecular flexibility index (Phi) is 7.31. The number of carbonyl (C=O) groups is 1. The molecule has 2 heterocycles. The van der Waals surface area contributed by atoms with Gasteiger partial charge in [-0.3, -0.25) is 9.36 Å². The third-order valence-electron chi connectivity index (χ3n) is 5.58. The molecule has 0 aliphatic heterocycles. The lowest BCUT2D eigenvalue weighted by Gasteiger charge is -2.19. The highest BCUT2D eigenvalue weighted by Crippen LogP contribution is 2.29. The van der Waals surface area contributed by atoms with Crippen LogP contribution in [0.1, 0.15) is 37.7 Å². The summed E-state index contributed by atoms with van der Waals surface area (Å²) in [5.74, 6) is 2.16. The molecule has 0 fully saturated rings. The van der Waals surface area contributed by atoms with Gasteiger partial charge in [-0.2, -0.15) is 0 Å². The third-order valence-corrected chi connectivity index (χ3v) is 6.55.